The van der Waals surface area contributed by atoms with Crippen LogP contribution in [-0.4, -0.2) is 28.5 Å². The van der Waals surface area contributed by atoms with Crippen molar-refractivity contribution in [2.45, 2.75) is 47.0 Å². The molecule has 0 radical (unpaired) electrons. The molecule has 1 aliphatic heterocycles. The van der Waals surface area contributed by atoms with Crippen molar-refractivity contribution in [3.63, 3.8) is 0 Å². The van der Waals surface area contributed by atoms with Crippen molar-refractivity contribution in [1.29, 1.82) is 0 Å². The van der Waals surface area contributed by atoms with E-state index in [2.05, 4.69) is 31.1 Å². The molecule has 0 atom stereocenters. The Morgan fingerprint density at radius 3 is 2.40 bits per heavy atom. The highest BCUT2D eigenvalue weighted by molar-refractivity contribution is 7.20. The number of benzene rings is 1. The summed E-state index contributed by atoms with van der Waals surface area (Å²) in [6.07, 6.45) is 0. The van der Waals surface area contributed by atoms with Crippen LogP contribution in [0.1, 0.15) is 64.8 Å². The van der Waals surface area contributed by atoms with Gasteiger partial charge in [0.05, 0.1) is 16.3 Å². The van der Waals surface area contributed by atoms with Gasteiger partial charge in [-0.15, -0.1) is 11.3 Å². The summed E-state index contributed by atoms with van der Waals surface area (Å²) in [5, 5.41) is 3.77. The summed E-state index contributed by atoms with van der Waals surface area (Å²) in [7, 11) is 0. The minimum Gasteiger partial charge on any atom is -0.454 e. The van der Waals surface area contributed by atoms with Gasteiger partial charge in [0.1, 0.15) is 10.7 Å². The van der Waals surface area contributed by atoms with E-state index in [4.69, 9.17) is 14.5 Å². The minimum absolute atomic E-state index is 0.0908. The number of rotatable bonds is 3. The predicted octanol–water partition coefficient (Wildman–Crippen LogP) is 4.79. The number of carbonyl (C=O) groups is 2. The van der Waals surface area contributed by atoms with Crippen molar-refractivity contribution < 1.29 is 19.1 Å². The fourth-order valence-electron chi connectivity index (χ4n) is 3.41. The fourth-order valence-corrected chi connectivity index (χ4v) is 4.53. The Morgan fingerprint density at radius 1 is 1.10 bits per heavy atom. The van der Waals surface area contributed by atoms with Gasteiger partial charge in [-0.2, -0.15) is 0 Å². The SMILES string of the molecule is CC(=O)c1cc2c(cc1NC(=O)c1sc3nc(C(C)(C)C)nc(C)c3c1C)OCO2. The van der Waals surface area contributed by atoms with Crippen molar-refractivity contribution in [2.75, 3.05) is 12.1 Å². The molecule has 0 unspecified atom stereocenters. The number of Topliss-reactive ketones (excluding diaryl/α,β-unsaturated/α-hetero) is 1. The number of anilines is 1. The fraction of sp³-hybridized carbons (Fsp3) is 0.364. The number of nitrogens with zero attached hydrogens (tertiary/aromatic N) is 2. The molecule has 8 heteroatoms. The lowest BCUT2D eigenvalue weighted by molar-refractivity contribution is 0.101. The van der Waals surface area contributed by atoms with Crippen LogP contribution in [0, 0.1) is 13.8 Å². The molecule has 4 rings (SSSR count). The van der Waals surface area contributed by atoms with Crippen LogP contribution < -0.4 is 14.8 Å². The maximum atomic E-state index is 13.1. The highest BCUT2D eigenvalue weighted by Crippen LogP contribution is 2.38. The van der Waals surface area contributed by atoms with Gasteiger partial charge in [-0.25, -0.2) is 9.97 Å². The molecule has 156 valence electrons. The van der Waals surface area contributed by atoms with E-state index in [1.807, 2.05) is 13.8 Å². The molecule has 1 N–H and O–H groups in total. The van der Waals surface area contributed by atoms with Crippen LogP contribution >= 0.6 is 11.3 Å². The minimum atomic E-state index is -0.298. The standard InChI is InChI=1S/C22H23N3O4S/c1-10-17-11(2)23-21(22(4,5)6)25-20(17)30-18(10)19(27)24-14-8-16-15(28-9-29-16)7-13(14)12(3)26/h7-8H,9H2,1-6H3,(H,24,27). The van der Waals surface area contributed by atoms with Gasteiger partial charge >= 0.3 is 0 Å². The van der Waals surface area contributed by atoms with Gasteiger partial charge in [-0.1, -0.05) is 20.8 Å². The van der Waals surface area contributed by atoms with E-state index >= 15 is 0 Å². The number of hydrogen-bond donors (Lipinski definition) is 1. The number of nitrogens with one attached hydrogen (secondary N) is 1. The number of amides is 1. The van der Waals surface area contributed by atoms with E-state index < -0.39 is 0 Å². The van der Waals surface area contributed by atoms with E-state index in [0.717, 1.165) is 27.3 Å². The predicted molar refractivity (Wildman–Crippen MR) is 116 cm³/mol. The normalized spacial score (nSPS) is 13.0. The van der Waals surface area contributed by atoms with Gasteiger partial charge in [-0.05, 0) is 32.4 Å². The van der Waals surface area contributed by atoms with Crippen molar-refractivity contribution in [3.05, 3.63) is 39.7 Å². The Labute approximate surface area is 178 Å². The summed E-state index contributed by atoms with van der Waals surface area (Å²) in [6.45, 7) is 11.6. The Balaban J connectivity index is 1.75. The lowest BCUT2D eigenvalue weighted by Crippen LogP contribution is -2.16. The van der Waals surface area contributed by atoms with Gasteiger partial charge in [0.2, 0.25) is 6.79 Å². The molecule has 0 aliphatic carbocycles. The van der Waals surface area contributed by atoms with Crippen molar-refractivity contribution in [2.24, 2.45) is 0 Å². The van der Waals surface area contributed by atoms with E-state index in [9.17, 15) is 9.59 Å². The molecule has 1 amide bonds. The topological polar surface area (TPSA) is 90.4 Å². The number of carbonyl (C=O) groups excluding carboxylic acids is 2. The van der Waals surface area contributed by atoms with E-state index in [1.54, 1.807) is 12.1 Å². The third-order valence-electron chi connectivity index (χ3n) is 4.99. The van der Waals surface area contributed by atoms with Crippen LogP contribution in [0.5, 0.6) is 11.5 Å². The van der Waals surface area contributed by atoms with Gasteiger partial charge in [0.15, 0.2) is 17.3 Å². The number of fused-ring (bicyclic) bond motifs is 2. The molecule has 2 aromatic heterocycles. The van der Waals surface area contributed by atoms with Crippen molar-refractivity contribution >= 4 is 38.9 Å². The molecule has 3 heterocycles. The molecule has 1 aliphatic rings. The number of thiophene rings is 1. The Bertz CT molecular complexity index is 1210. The number of aromatic nitrogens is 2. The van der Waals surface area contributed by atoms with Crippen LogP contribution in [0.2, 0.25) is 0 Å². The molecule has 0 bridgehead atoms. The summed E-state index contributed by atoms with van der Waals surface area (Å²) < 4.78 is 10.7. The third kappa shape index (κ3) is 3.41. The molecule has 1 aromatic carbocycles. The van der Waals surface area contributed by atoms with Crippen LogP contribution in [-0.2, 0) is 5.41 Å². The van der Waals surface area contributed by atoms with Crippen LogP contribution in [0.15, 0.2) is 12.1 Å². The molecule has 0 saturated carbocycles. The summed E-state index contributed by atoms with van der Waals surface area (Å²) in [4.78, 5) is 35.9. The smallest absolute Gasteiger partial charge is 0.266 e. The average molecular weight is 426 g/mol. The van der Waals surface area contributed by atoms with Crippen molar-refractivity contribution in [3.8, 4) is 11.5 Å². The Kier molecular flexibility index (Phi) is 4.77. The quantitative estimate of drug-likeness (QED) is 0.607. The molecule has 0 spiro atoms. The first kappa shape index (κ1) is 20.3. The highest BCUT2D eigenvalue weighted by Gasteiger charge is 2.25. The summed E-state index contributed by atoms with van der Waals surface area (Å²) in [5.41, 5.74) is 2.26. The maximum Gasteiger partial charge on any atom is 0.266 e. The van der Waals surface area contributed by atoms with E-state index in [0.29, 0.717) is 27.6 Å². The molecule has 0 saturated heterocycles. The monoisotopic (exact) mass is 425 g/mol. The van der Waals surface area contributed by atoms with Crippen LogP contribution in [0.3, 0.4) is 0 Å². The molecular formula is C22H23N3O4S. The van der Waals surface area contributed by atoms with Gasteiger partial charge in [-0.3, -0.25) is 9.59 Å². The third-order valence-corrected chi connectivity index (χ3v) is 6.17. The van der Waals surface area contributed by atoms with Crippen LogP contribution in [0.4, 0.5) is 5.69 Å². The molecular weight excluding hydrogens is 402 g/mol. The second-order valence-corrected chi connectivity index (χ2v) is 9.38. The van der Waals surface area contributed by atoms with Crippen LogP contribution in [0.25, 0.3) is 10.2 Å². The van der Waals surface area contributed by atoms with E-state index in [1.165, 1.54) is 18.3 Å². The zero-order valence-corrected chi connectivity index (χ0v) is 18.6. The Morgan fingerprint density at radius 2 is 1.77 bits per heavy atom. The number of ketones is 1. The lowest BCUT2D eigenvalue weighted by Gasteiger charge is -2.16. The second-order valence-electron chi connectivity index (χ2n) is 8.38. The first-order valence-corrected chi connectivity index (χ1v) is 10.4. The summed E-state index contributed by atoms with van der Waals surface area (Å²) >= 11 is 1.33. The lowest BCUT2D eigenvalue weighted by atomic mass is 9.95. The molecule has 30 heavy (non-hydrogen) atoms. The first-order chi connectivity index (χ1) is 14.1. The largest absolute Gasteiger partial charge is 0.454 e. The van der Waals surface area contributed by atoms with E-state index in [-0.39, 0.29) is 23.9 Å². The molecule has 0 fully saturated rings. The first-order valence-electron chi connectivity index (χ1n) is 9.60. The molecule has 7 nitrogen and oxygen atoms in total. The number of aryl methyl sites for hydroxylation is 2. The average Bonchev–Trinajstić information content (AvgIpc) is 3.24. The Hall–Kier alpha value is -3.00. The zero-order chi connectivity index (χ0) is 21.8. The number of ether oxygens (including phenoxy) is 2. The maximum absolute atomic E-state index is 13.1. The highest BCUT2D eigenvalue weighted by atomic mass is 32.1. The summed E-state index contributed by atoms with van der Waals surface area (Å²) in [5.74, 6) is 1.27. The second kappa shape index (κ2) is 7.05. The van der Waals surface area contributed by atoms with Crippen molar-refractivity contribution in [1.82, 2.24) is 9.97 Å². The number of hydrogen-bond acceptors (Lipinski definition) is 7. The molecule has 3 aromatic rings. The zero-order valence-electron chi connectivity index (χ0n) is 17.8. The summed E-state index contributed by atoms with van der Waals surface area (Å²) in [6, 6.07) is 3.23. The van der Waals surface area contributed by atoms with Gasteiger partial charge in [0.25, 0.3) is 5.91 Å². The van der Waals surface area contributed by atoms with Gasteiger partial charge < -0.3 is 14.8 Å². The van der Waals surface area contributed by atoms with Gasteiger partial charge in [0, 0.05) is 22.4 Å².